The molecule has 0 aliphatic heterocycles. The number of hydrogen-bond acceptors (Lipinski definition) is 3. The lowest BCUT2D eigenvalue weighted by molar-refractivity contribution is 0.0540. The molecule has 1 aliphatic carbocycles. The third kappa shape index (κ3) is 2.15. The fraction of sp³-hybridized carbons (Fsp3) is 1.00. The van der Waals surface area contributed by atoms with Crippen molar-refractivity contribution in [3.05, 3.63) is 0 Å². The van der Waals surface area contributed by atoms with Crippen LogP contribution in [0.2, 0.25) is 0 Å². The Morgan fingerprint density at radius 2 is 2.27 bits per heavy atom. The van der Waals surface area contributed by atoms with Gasteiger partial charge in [0.05, 0.1) is 6.10 Å². The number of methoxy groups -OCH3 is 1. The van der Waals surface area contributed by atoms with E-state index in [1.165, 1.54) is 0 Å². The van der Waals surface area contributed by atoms with E-state index in [-0.39, 0.29) is 19.3 Å². The van der Waals surface area contributed by atoms with Gasteiger partial charge in [-0.15, -0.1) is 0 Å². The monoisotopic (exact) mass is 160 g/mol. The normalized spacial score (nSPS) is 31.9. The average Bonchev–Trinajstić information content (AvgIpc) is 2.79. The molecule has 0 heterocycles. The van der Waals surface area contributed by atoms with E-state index in [4.69, 9.17) is 14.9 Å². The third-order valence-corrected chi connectivity index (χ3v) is 2.41. The Balaban J connectivity index is 2.22. The van der Waals surface area contributed by atoms with Crippen LogP contribution in [0.15, 0.2) is 0 Å². The van der Waals surface area contributed by atoms with Crippen LogP contribution in [0, 0.1) is 11.8 Å². The van der Waals surface area contributed by atoms with Gasteiger partial charge in [-0.25, -0.2) is 0 Å². The zero-order chi connectivity index (χ0) is 8.27. The summed E-state index contributed by atoms with van der Waals surface area (Å²) in [6.07, 6.45) is 1.89. The van der Waals surface area contributed by atoms with Crippen molar-refractivity contribution >= 4 is 0 Å². The first kappa shape index (κ1) is 8.97. The zero-order valence-corrected chi connectivity index (χ0v) is 6.86. The van der Waals surface area contributed by atoms with E-state index in [2.05, 4.69) is 0 Å². The van der Waals surface area contributed by atoms with Crippen LogP contribution in [0.25, 0.3) is 0 Å². The summed E-state index contributed by atoms with van der Waals surface area (Å²) in [5.74, 6) is 0.906. The molecule has 1 aliphatic rings. The van der Waals surface area contributed by atoms with E-state index in [9.17, 15) is 0 Å². The van der Waals surface area contributed by atoms with Gasteiger partial charge in [0, 0.05) is 20.3 Å². The Bertz CT molecular complexity index is 116. The zero-order valence-electron chi connectivity index (χ0n) is 6.86. The highest BCUT2D eigenvalue weighted by atomic mass is 16.5. The minimum atomic E-state index is 0.150. The van der Waals surface area contributed by atoms with Crippen molar-refractivity contribution in [2.45, 2.75) is 18.9 Å². The van der Waals surface area contributed by atoms with Gasteiger partial charge in [-0.1, -0.05) is 0 Å². The van der Waals surface area contributed by atoms with E-state index in [0.29, 0.717) is 18.3 Å². The molecule has 1 rings (SSSR count). The van der Waals surface area contributed by atoms with Gasteiger partial charge in [-0.2, -0.15) is 0 Å². The van der Waals surface area contributed by atoms with Crippen molar-refractivity contribution in [1.82, 2.24) is 0 Å². The van der Waals surface area contributed by atoms with Gasteiger partial charge >= 0.3 is 0 Å². The van der Waals surface area contributed by atoms with Gasteiger partial charge in [0.15, 0.2) is 0 Å². The first-order valence-corrected chi connectivity index (χ1v) is 4.08. The van der Waals surface area contributed by atoms with Crippen LogP contribution < -0.4 is 0 Å². The topological polar surface area (TPSA) is 49.7 Å². The van der Waals surface area contributed by atoms with Crippen LogP contribution in [0.1, 0.15) is 12.8 Å². The molecule has 0 bridgehead atoms. The maximum Gasteiger partial charge on any atom is 0.0624 e. The van der Waals surface area contributed by atoms with Crippen LogP contribution in [0.5, 0.6) is 0 Å². The molecule has 0 radical (unpaired) electrons. The molecule has 0 aromatic carbocycles. The van der Waals surface area contributed by atoms with Gasteiger partial charge in [0.25, 0.3) is 0 Å². The van der Waals surface area contributed by atoms with Gasteiger partial charge in [0.1, 0.15) is 0 Å². The maximum absolute atomic E-state index is 8.77. The van der Waals surface area contributed by atoms with Crippen LogP contribution in [-0.2, 0) is 4.74 Å². The summed E-state index contributed by atoms with van der Waals surface area (Å²) in [4.78, 5) is 0. The highest BCUT2D eigenvalue weighted by Gasteiger charge is 2.42. The van der Waals surface area contributed by atoms with Crippen molar-refractivity contribution in [2.75, 3.05) is 20.3 Å². The Morgan fingerprint density at radius 1 is 1.55 bits per heavy atom. The molecule has 0 aromatic rings. The number of rotatable bonds is 5. The third-order valence-electron chi connectivity index (χ3n) is 2.41. The van der Waals surface area contributed by atoms with E-state index in [1.807, 2.05) is 0 Å². The molecule has 2 N–H and O–H groups in total. The summed E-state index contributed by atoms with van der Waals surface area (Å²) >= 11 is 0. The molecule has 1 fully saturated rings. The van der Waals surface area contributed by atoms with E-state index in [1.54, 1.807) is 7.11 Å². The standard InChI is InChI=1S/C8H16O3/c1-11-8(2-3-9)7-4-6(7)5-10/h6-10H,2-5H2,1H3/t6-,7+,8+/m0/s1. The second-order valence-electron chi connectivity index (χ2n) is 3.13. The summed E-state index contributed by atoms with van der Waals surface area (Å²) < 4.78 is 5.18. The Kier molecular flexibility index (Phi) is 3.30. The first-order valence-electron chi connectivity index (χ1n) is 4.08. The lowest BCUT2D eigenvalue weighted by Gasteiger charge is -2.12. The largest absolute Gasteiger partial charge is 0.396 e. The molecular weight excluding hydrogens is 144 g/mol. The predicted octanol–water partition coefficient (Wildman–Crippen LogP) is 0.0122. The van der Waals surface area contributed by atoms with Gasteiger partial charge in [0.2, 0.25) is 0 Å². The highest BCUT2D eigenvalue weighted by molar-refractivity contribution is 4.91. The second kappa shape index (κ2) is 4.04. The SMILES string of the molecule is CO[C@H](CCO)[C@@H]1C[C@H]1CO. The molecule has 0 amide bonds. The average molecular weight is 160 g/mol. The highest BCUT2D eigenvalue weighted by Crippen LogP contribution is 2.42. The number of aliphatic hydroxyl groups is 2. The van der Waals surface area contributed by atoms with Crippen molar-refractivity contribution in [1.29, 1.82) is 0 Å². The molecular formula is C8H16O3. The summed E-state index contributed by atoms with van der Waals surface area (Å²) in [6, 6.07) is 0. The lowest BCUT2D eigenvalue weighted by Crippen LogP contribution is -2.16. The predicted molar refractivity (Wildman–Crippen MR) is 41.2 cm³/mol. The van der Waals surface area contributed by atoms with Gasteiger partial charge in [-0.05, 0) is 24.7 Å². The minimum Gasteiger partial charge on any atom is -0.396 e. The number of aliphatic hydroxyl groups excluding tert-OH is 2. The molecule has 0 aromatic heterocycles. The Labute approximate surface area is 67.0 Å². The molecule has 3 heteroatoms. The quantitative estimate of drug-likeness (QED) is 0.595. The molecule has 1 saturated carbocycles. The minimum absolute atomic E-state index is 0.150. The van der Waals surface area contributed by atoms with Crippen LogP contribution in [-0.4, -0.2) is 36.6 Å². The molecule has 3 nitrogen and oxygen atoms in total. The Morgan fingerprint density at radius 3 is 2.64 bits per heavy atom. The number of ether oxygens (including phenoxy) is 1. The summed E-state index contributed by atoms with van der Waals surface area (Å²) in [6.45, 7) is 0.434. The number of hydrogen-bond donors (Lipinski definition) is 2. The van der Waals surface area contributed by atoms with Crippen molar-refractivity contribution in [3.8, 4) is 0 Å². The molecule has 3 atom stereocenters. The summed E-state index contributed by atoms with van der Waals surface area (Å²) in [5.41, 5.74) is 0. The fourth-order valence-electron chi connectivity index (χ4n) is 1.57. The van der Waals surface area contributed by atoms with Gasteiger partial charge in [-0.3, -0.25) is 0 Å². The molecule has 0 spiro atoms. The smallest absolute Gasteiger partial charge is 0.0624 e. The van der Waals surface area contributed by atoms with Crippen molar-refractivity contribution in [3.63, 3.8) is 0 Å². The van der Waals surface area contributed by atoms with Gasteiger partial charge < -0.3 is 14.9 Å². The van der Waals surface area contributed by atoms with E-state index < -0.39 is 0 Å². The molecule has 66 valence electrons. The second-order valence-corrected chi connectivity index (χ2v) is 3.13. The molecule has 0 saturated heterocycles. The van der Waals surface area contributed by atoms with E-state index >= 15 is 0 Å². The maximum atomic E-state index is 8.77. The van der Waals surface area contributed by atoms with Crippen molar-refractivity contribution < 1.29 is 14.9 Å². The molecule has 11 heavy (non-hydrogen) atoms. The lowest BCUT2D eigenvalue weighted by atomic mass is 10.1. The summed E-state index contributed by atoms with van der Waals surface area (Å²) in [5, 5.41) is 17.4. The fourth-order valence-corrected chi connectivity index (χ4v) is 1.57. The van der Waals surface area contributed by atoms with Crippen LogP contribution >= 0.6 is 0 Å². The van der Waals surface area contributed by atoms with Crippen LogP contribution in [0.3, 0.4) is 0 Å². The van der Waals surface area contributed by atoms with Crippen molar-refractivity contribution in [2.24, 2.45) is 11.8 Å². The summed E-state index contributed by atoms with van der Waals surface area (Å²) in [7, 11) is 1.66. The van der Waals surface area contributed by atoms with Crippen LogP contribution in [0.4, 0.5) is 0 Å². The Hall–Kier alpha value is -0.120. The first-order chi connectivity index (χ1) is 5.33. The molecule has 0 unspecified atom stereocenters. The van der Waals surface area contributed by atoms with E-state index in [0.717, 1.165) is 6.42 Å².